The molecule has 0 radical (unpaired) electrons. The predicted octanol–water partition coefficient (Wildman–Crippen LogP) is 3.30. The summed E-state index contributed by atoms with van der Waals surface area (Å²) in [5.74, 6) is -0.0651. The van der Waals surface area contributed by atoms with Crippen LogP contribution in [0.3, 0.4) is 0 Å². The molecule has 28 heavy (non-hydrogen) atoms. The minimum Gasteiger partial charge on any atom is -0.379 e. The van der Waals surface area contributed by atoms with Crippen molar-refractivity contribution in [1.82, 2.24) is 4.90 Å². The fraction of sp³-hybridized carbons (Fsp3) is 0.316. The van der Waals surface area contributed by atoms with Crippen molar-refractivity contribution in [2.75, 3.05) is 13.1 Å². The van der Waals surface area contributed by atoms with E-state index in [0.29, 0.717) is 11.1 Å². The van der Waals surface area contributed by atoms with Crippen LogP contribution in [0.5, 0.6) is 5.75 Å². The summed E-state index contributed by atoms with van der Waals surface area (Å²) in [6.45, 7) is 2.97. The van der Waals surface area contributed by atoms with E-state index in [1.165, 1.54) is 43.3 Å². The molecule has 0 spiro atoms. The van der Waals surface area contributed by atoms with Crippen LogP contribution in [0.4, 0.5) is 5.69 Å². The minimum atomic E-state index is -4.25. The van der Waals surface area contributed by atoms with Gasteiger partial charge in [0.25, 0.3) is 11.6 Å². The first kappa shape index (κ1) is 19.8. The second-order valence-electron chi connectivity index (χ2n) is 6.62. The third-order valence-corrected chi connectivity index (χ3v) is 5.99. The van der Waals surface area contributed by atoms with Crippen molar-refractivity contribution in [3.8, 4) is 5.75 Å². The number of likely N-dealkylation sites (tertiary alicyclic amines) is 1. The van der Waals surface area contributed by atoms with Gasteiger partial charge in [0.2, 0.25) is 0 Å². The van der Waals surface area contributed by atoms with Gasteiger partial charge in [-0.25, -0.2) is 0 Å². The molecule has 2 aromatic carbocycles. The lowest BCUT2D eigenvalue weighted by atomic mass is 10.1. The Hall–Kier alpha value is -2.94. The van der Waals surface area contributed by atoms with Crippen LogP contribution in [0.1, 0.15) is 35.2 Å². The van der Waals surface area contributed by atoms with E-state index in [1.54, 1.807) is 4.90 Å². The zero-order chi connectivity index (χ0) is 20.3. The molecule has 1 saturated heterocycles. The molecule has 0 aromatic heterocycles. The molecule has 1 aliphatic rings. The standard InChI is InChI=1S/C19H20N2O6S/c1-14-5-8-16(21(23)24)13-18(14)28(25,26)27-17-9-6-15(7-10-17)19(22)20-11-3-2-4-12-20/h5-10,13H,2-4,11-12H2,1H3. The van der Waals surface area contributed by atoms with E-state index in [0.717, 1.165) is 38.4 Å². The molecule has 8 nitrogen and oxygen atoms in total. The molecule has 0 N–H and O–H groups in total. The summed E-state index contributed by atoms with van der Waals surface area (Å²) in [5.41, 5.74) is 0.455. The number of aryl methyl sites for hydroxylation is 1. The molecule has 1 heterocycles. The van der Waals surface area contributed by atoms with E-state index < -0.39 is 15.0 Å². The van der Waals surface area contributed by atoms with Crippen LogP contribution in [-0.4, -0.2) is 37.2 Å². The summed E-state index contributed by atoms with van der Waals surface area (Å²) in [6.07, 6.45) is 3.08. The van der Waals surface area contributed by atoms with Crippen LogP contribution in [0.2, 0.25) is 0 Å². The first-order chi connectivity index (χ1) is 13.3. The van der Waals surface area contributed by atoms with E-state index in [2.05, 4.69) is 0 Å². The number of nitrogens with zero attached hydrogens (tertiary/aromatic N) is 2. The van der Waals surface area contributed by atoms with Crippen molar-refractivity contribution >= 4 is 21.7 Å². The summed E-state index contributed by atoms with van der Waals surface area (Å²) in [7, 11) is -4.25. The number of hydrogen-bond donors (Lipinski definition) is 0. The number of rotatable bonds is 5. The predicted molar refractivity (Wildman–Crippen MR) is 102 cm³/mol. The first-order valence-corrected chi connectivity index (χ1v) is 10.3. The Bertz CT molecular complexity index is 996. The number of nitro groups is 1. The van der Waals surface area contributed by atoms with Gasteiger partial charge in [-0.15, -0.1) is 0 Å². The van der Waals surface area contributed by atoms with E-state index in [9.17, 15) is 23.3 Å². The lowest BCUT2D eigenvalue weighted by molar-refractivity contribution is -0.385. The molecule has 0 bridgehead atoms. The highest BCUT2D eigenvalue weighted by Crippen LogP contribution is 2.25. The molecule has 1 aliphatic heterocycles. The third kappa shape index (κ3) is 4.30. The molecule has 2 aromatic rings. The Morgan fingerprint density at radius 3 is 2.32 bits per heavy atom. The summed E-state index contributed by atoms with van der Waals surface area (Å²) < 4.78 is 30.2. The van der Waals surface area contributed by atoms with Crippen LogP contribution >= 0.6 is 0 Å². The lowest BCUT2D eigenvalue weighted by Crippen LogP contribution is -2.35. The van der Waals surface area contributed by atoms with Gasteiger partial charge in [-0.2, -0.15) is 8.42 Å². The number of carbonyl (C=O) groups excluding carboxylic acids is 1. The number of non-ortho nitro benzene ring substituents is 1. The van der Waals surface area contributed by atoms with Gasteiger partial charge in [0.05, 0.1) is 4.92 Å². The Labute approximate surface area is 163 Å². The van der Waals surface area contributed by atoms with Crippen molar-refractivity contribution in [3.05, 3.63) is 63.7 Å². The maximum atomic E-state index is 12.5. The van der Waals surface area contributed by atoms with Crippen LogP contribution in [-0.2, 0) is 10.1 Å². The van der Waals surface area contributed by atoms with Gasteiger partial charge >= 0.3 is 10.1 Å². The average Bonchev–Trinajstić information content (AvgIpc) is 2.68. The number of amides is 1. The Morgan fingerprint density at radius 2 is 1.71 bits per heavy atom. The van der Waals surface area contributed by atoms with Crippen LogP contribution in [0.15, 0.2) is 47.4 Å². The first-order valence-electron chi connectivity index (χ1n) is 8.87. The number of piperidine rings is 1. The SMILES string of the molecule is Cc1ccc([N+](=O)[O-])cc1S(=O)(=O)Oc1ccc(C(=O)N2CCCCC2)cc1. The van der Waals surface area contributed by atoms with Crippen molar-refractivity contribution in [2.45, 2.75) is 31.1 Å². The van der Waals surface area contributed by atoms with Gasteiger partial charge in [-0.3, -0.25) is 14.9 Å². The van der Waals surface area contributed by atoms with Gasteiger partial charge in [0.15, 0.2) is 0 Å². The maximum Gasteiger partial charge on any atom is 0.339 e. The molecule has 0 atom stereocenters. The molecule has 0 aliphatic carbocycles. The highest BCUT2D eigenvalue weighted by Gasteiger charge is 2.23. The Balaban J connectivity index is 1.79. The van der Waals surface area contributed by atoms with Gasteiger partial charge in [-0.05, 0) is 56.0 Å². The molecule has 0 saturated carbocycles. The molecule has 1 amide bonds. The van der Waals surface area contributed by atoms with Crippen LogP contribution in [0.25, 0.3) is 0 Å². The molecule has 9 heteroatoms. The largest absolute Gasteiger partial charge is 0.379 e. The van der Waals surface area contributed by atoms with Crippen molar-refractivity contribution in [2.24, 2.45) is 0 Å². The fourth-order valence-electron chi connectivity index (χ4n) is 3.08. The fourth-order valence-corrected chi connectivity index (χ4v) is 4.26. The van der Waals surface area contributed by atoms with Crippen LogP contribution in [0, 0.1) is 17.0 Å². The molecule has 0 unspecified atom stereocenters. The average molecular weight is 404 g/mol. The quantitative estimate of drug-likeness (QED) is 0.430. The van der Waals surface area contributed by atoms with Gasteiger partial charge in [-0.1, -0.05) is 6.07 Å². The topological polar surface area (TPSA) is 107 Å². The van der Waals surface area contributed by atoms with Crippen molar-refractivity contribution in [3.63, 3.8) is 0 Å². The molecular formula is C19H20N2O6S. The van der Waals surface area contributed by atoms with Crippen LogP contribution < -0.4 is 4.18 Å². The number of hydrogen-bond acceptors (Lipinski definition) is 6. The second-order valence-corrected chi connectivity index (χ2v) is 8.14. The van der Waals surface area contributed by atoms with E-state index in [4.69, 9.17) is 4.18 Å². The number of nitro benzene ring substituents is 1. The number of benzene rings is 2. The minimum absolute atomic E-state index is 0.0288. The van der Waals surface area contributed by atoms with Crippen molar-refractivity contribution in [1.29, 1.82) is 0 Å². The summed E-state index contributed by atoms with van der Waals surface area (Å²) in [5, 5.41) is 10.9. The molecule has 1 fully saturated rings. The lowest BCUT2D eigenvalue weighted by Gasteiger charge is -2.26. The Morgan fingerprint density at radius 1 is 1.07 bits per heavy atom. The van der Waals surface area contributed by atoms with E-state index in [-0.39, 0.29) is 22.2 Å². The maximum absolute atomic E-state index is 12.5. The highest BCUT2D eigenvalue weighted by molar-refractivity contribution is 7.87. The summed E-state index contributed by atoms with van der Waals surface area (Å²) >= 11 is 0. The third-order valence-electron chi connectivity index (χ3n) is 4.60. The molecule has 3 rings (SSSR count). The van der Waals surface area contributed by atoms with Gasteiger partial charge < -0.3 is 9.08 Å². The van der Waals surface area contributed by atoms with Crippen molar-refractivity contribution < 1.29 is 22.3 Å². The zero-order valence-corrected chi connectivity index (χ0v) is 16.1. The summed E-state index contributed by atoms with van der Waals surface area (Å²) in [6, 6.07) is 9.40. The normalized spacial score (nSPS) is 14.5. The summed E-state index contributed by atoms with van der Waals surface area (Å²) in [4.78, 5) is 24.2. The zero-order valence-electron chi connectivity index (χ0n) is 15.3. The van der Waals surface area contributed by atoms with E-state index >= 15 is 0 Å². The Kier molecular flexibility index (Phi) is 5.64. The van der Waals surface area contributed by atoms with Gasteiger partial charge in [0.1, 0.15) is 10.6 Å². The second kappa shape index (κ2) is 7.97. The molecule has 148 valence electrons. The smallest absolute Gasteiger partial charge is 0.339 e. The highest BCUT2D eigenvalue weighted by atomic mass is 32.2. The molecular weight excluding hydrogens is 384 g/mol. The van der Waals surface area contributed by atoms with E-state index in [1.807, 2.05) is 0 Å². The van der Waals surface area contributed by atoms with Gasteiger partial charge in [0, 0.05) is 30.8 Å². The number of carbonyl (C=O) groups is 1. The monoisotopic (exact) mass is 404 g/mol.